The topological polar surface area (TPSA) is 25.9 Å². The highest BCUT2D eigenvalue weighted by molar-refractivity contribution is 4.86. The molecule has 0 aromatic carbocycles. The Morgan fingerprint density at radius 2 is 0.685 bits per heavy atom. The van der Waals surface area contributed by atoms with Crippen LogP contribution in [-0.2, 0) is 0 Å². The number of hydrogen-bond acceptors (Lipinski definition) is 8. The molecular weight excluding hydrogens is 665 g/mol. The summed E-state index contributed by atoms with van der Waals surface area (Å²) >= 11 is 0. The maximum atomic E-state index is 2.83. The molecule has 6 aliphatic heterocycles. The van der Waals surface area contributed by atoms with E-state index in [9.17, 15) is 0 Å². The van der Waals surface area contributed by atoms with Crippen LogP contribution in [0.25, 0.3) is 0 Å². The number of piperidine rings is 4. The fraction of sp³-hybridized carbons (Fsp3) is 1.00. The van der Waals surface area contributed by atoms with Gasteiger partial charge in [0.2, 0.25) is 0 Å². The van der Waals surface area contributed by atoms with Crippen LogP contribution in [0.1, 0.15) is 127 Å². The van der Waals surface area contributed by atoms with E-state index >= 15 is 0 Å². The van der Waals surface area contributed by atoms with Gasteiger partial charge in [0.05, 0.1) is 0 Å². The summed E-state index contributed by atoms with van der Waals surface area (Å²) in [4.78, 5) is 21.5. The highest BCUT2D eigenvalue weighted by atomic mass is 15.3. The second-order valence-electron chi connectivity index (χ2n) is 19.2. The van der Waals surface area contributed by atoms with Crippen LogP contribution in [-0.4, -0.2) is 194 Å². The van der Waals surface area contributed by atoms with Gasteiger partial charge in [-0.15, -0.1) is 0 Å². The Balaban J connectivity index is 0.000000230. The van der Waals surface area contributed by atoms with Crippen molar-refractivity contribution in [1.82, 2.24) is 39.2 Å². The van der Waals surface area contributed by atoms with Crippen molar-refractivity contribution in [3.05, 3.63) is 0 Å². The van der Waals surface area contributed by atoms with E-state index in [1.165, 1.54) is 182 Å². The Hall–Kier alpha value is -0.320. The first kappa shape index (κ1) is 46.4. The SMILES string of the molecule is CC.CC(C)N1CCC(C2CCN(CCN3CCN(C(C)C)CC3)CC2)CC1.CC(C)N1CCC(N2CCC(CCN3CCN(C(C)C)CC3)CC2)CC1. The molecule has 6 fully saturated rings. The van der Waals surface area contributed by atoms with Crippen LogP contribution in [0.2, 0.25) is 0 Å². The van der Waals surface area contributed by atoms with Crippen LogP contribution in [0.3, 0.4) is 0 Å². The normalized spacial score (nSPS) is 26.1. The lowest BCUT2D eigenvalue weighted by atomic mass is 9.78. The van der Waals surface area contributed by atoms with E-state index in [1.807, 2.05) is 13.8 Å². The fourth-order valence-corrected chi connectivity index (χ4v) is 10.6. The summed E-state index contributed by atoms with van der Waals surface area (Å²) in [7, 11) is 0. The zero-order chi connectivity index (χ0) is 39.0. The molecule has 6 aliphatic rings. The largest absolute Gasteiger partial charge is 0.302 e. The molecule has 6 saturated heterocycles. The molecule has 0 radical (unpaired) electrons. The van der Waals surface area contributed by atoms with Crippen LogP contribution in [0.4, 0.5) is 0 Å². The number of likely N-dealkylation sites (tertiary alicyclic amines) is 4. The van der Waals surface area contributed by atoms with Gasteiger partial charge in [0.15, 0.2) is 0 Å². The van der Waals surface area contributed by atoms with E-state index in [0.717, 1.165) is 35.9 Å². The highest BCUT2D eigenvalue weighted by Gasteiger charge is 2.31. The van der Waals surface area contributed by atoms with Crippen LogP contribution < -0.4 is 0 Å². The minimum Gasteiger partial charge on any atom is -0.302 e. The van der Waals surface area contributed by atoms with Crippen molar-refractivity contribution in [3.63, 3.8) is 0 Å². The number of piperazine rings is 2. The van der Waals surface area contributed by atoms with Gasteiger partial charge >= 0.3 is 0 Å². The standard InChI is InChI=1S/2C22H44N4.C2H6/c1-19(2)24-13-8-22(9-14-24)26-11-6-21(7-12-26)5-10-23-15-17-25(18-16-23)20(3)4;1-19(2)25-11-7-22(8-12-25)21-5-9-23(10-6-21)13-14-24-15-17-26(18-16-24)20(3)4;1-2/h2*19-22H,5-18H2,1-4H3;1-2H3. The van der Waals surface area contributed by atoms with E-state index in [-0.39, 0.29) is 0 Å². The van der Waals surface area contributed by atoms with Crippen molar-refractivity contribution in [2.75, 3.05) is 124 Å². The molecule has 0 N–H and O–H groups in total. The smallest absolute Gasteiger partial charge is 0.0120 e. The van der Waals surface area contributed by atoms with E-state index in [4.69, 9.17) is 0 Å². The predicted molar refractivity (Wildman–Crippen MR) is 235 cm³/mol. The monoisotopic (exact) mass is 759 g/mol. The minimum atomic E-state index is 0.712. The van der Waals surface area contributed by atoms with Crippen LogP contribution in [0, 0.1) is 17.8 Å². The highest BCUT2D eigenvalue weighted by Crippen LogP contribution is 2.33. The first-order valence-electron chi connectivity index (χ1n) is 23.9. The number of rotatable bonds is 12. The lowest BCUT2D eigenvalue weighted by Gasteiger charge is -2.43. The minimum absolute atomic E-state index is 0.712. The Kier molecular flexibility index (Phi) is 21.1. The Morgan fingerprint density at radius 1 is 0.352 bits per heavy atom. The van der Waals surface area contributed by atoms with Gasteiger partial charge in [-0.3, -0.25) is 14.7 Å². The van der Waals surface area contributed by atoms with Crippen LogP contribution >= 0.6 is 0 Å². The molecule has 0 spiro atoms. The van der Waals surface area contributed by atoms with Gasteiger partial charge in [-0.25, -0.2) is 0 Å². The zero-order valence-corrected chi connectivity index (χ0v) is 38.0. The van der Waals surface area contributed by atoms with Crippen LogP contribution in [0.15, 0.2) is 0 Å². The van der Waals surface area contributed by atoms with Gasteiger partial charge < -0.3 is 24.5 Å². The molecule has 6 heterocycles. The molecule has 0 aliphatic carbocycles. The molecule has 0 saturated carbocycles. The third-order valence-corrected chi connectivity index (χ3v) is 14.9. The second kappa shape index (κ2) is 24.6. The molecule has 54 heavy (non-hydrogen) atoms. The maximum absolute atomic E-state index is 2.83. The Bertz CT molecular complexity index is 850. The third-order valence-electron chi connectivity index (χ3n) is 14.9. The average Bonchev–Trinajstić information content (AvgIpc) is 3.21. The number of hydrogen-bond donors (Lipinski definition) is 0. The summed E-state index contributed by atoms with van der Waals surface area (Å²) < 4.78 is 0. The van der Waals surface area contributed by atoms with E-state index in [1.54, 1.807) is 0 Å². The Labute approximate surface area is 337 Å². The molecule has 6 rings (SSSR count). The van der Waals surface area contributed by atoms with Crippen molar-refractivity contribution in [3.8, 4) is 0 Å². The molecule has 0 amide bonds. The zero-order valence-electron chi connectivity index (χ0n) is 38.0. The summed E-state index contributed by atoms with van der Waals surface area (Å²) in [6.45, 7) is 47.5. The Morgan fingerprint density at radius 3 is 1.09 bits per heavy atom. The lowest BCUT2D eigenvalue weighted by Crippen LogP contribution is -2.51. The first-order chi connectivity index (χ1) is 26.0. The molecule has 0 unspecified atom stereocenters. The van der Waals surface area contributed by atoms with E-state index in [0.29, 0.717) is 12.1 Å². The van der Waals surface area contributed by atoms with Gasteiger partial charge in [0.1, 0.15) is 0 Å². The molecule has 318 valence electrons. The van der Waals surface area contributed by atoms with Crippen molar-refractivity contribution in [2.24, 2.45) is 17.8 Å². The fourth-order valence-electron chi connectivity index (χ4n) is 10.6. The first-order valence-corrected chi connectivity index (χ1v) is 23.9. The summed E-state index contributed by atoms with van der Waals surface area (Å²) in [6.07, 6.45) is 12.9. The third kappa shape index (κ3) is 15.1. The molecule has 0 atom stereocenters. The molecule has 0 bridgehead atoms. The van der Waals surface area contributed by atoms with Crippen molar-refractivity contribution in [1.29, 1.82) is 0 Å². The van der Waals surface area contributed by atoms with E-state index < -0.39 is 0 Å². The summed E-state index contributed by atoms with van der Waals surface area (Å²) in [6, 6.07) is 3.76. The molecular formula is C46H94N8. The molecule has 0 aromatic heterocycles. The lowest BCUT2D eigenvalue weighted by molar-refractivity contribution is 0.0607. The van der Waals surface area contributed by atoms with Crippen LogP contribution in [0.5, 0.6) is 0 Å². The average molecular weight is 759 g/mol. The molecule has 8 heteroatoms. The van der Waals surface area contributed by atoms with Gasteiger partial charge in [0, 0.05) is 95.7 Å². The molecule has 8 nitrogen and oxygen atoms in total. The van der Waals surface area contributed by atoms with Crippen molar-refractivity contribution in [2.45, 2.75) is 157 Å². The van der Waals surface area contributed by atoms with Crippen molar-refractivity contribution < 1.29 is 0 Å². The van der Waals surface area contributed by atoms with Gasteiger partial charge in [-0.1, -0.05) is 13.8 Å². The van der Waals surface area contributed by atoms with Gasteiger partial charge in [-0.2, -0.15) is 0 Å². The quantitative estimate of drug-likeness (QED) is 0.213. The predicted octanol–water partition coefficient (Wildman–Crippen LogP) is 6.86. The summed E-state index contributed by atoms with van der Waals surface area (Å²) in [5.74, 6) is 3.00. The van der Waals surface area contributed by atoms with E-state index in [2.05, 4.69) is 94.6 Å². The van der Waals surface area contributed by atoms with Gasteiger partial charge in [0.25, 0.3) is 0 Å². The maximum Gasteiger partial charge on any atom is 0.0120 e. The second-order valence-corrected chi connectivity index (χ2v) is 19.2. The van der Waals surface area contributed by atoms with Gasteiger partial charge in [-0.05, 0) is 190 Å². The summed E-state index contributed by atoms with van der Waals surface area (Å²) in [5, 5.41) is 0. The number of nitrogens with zero attached hydrogens (tertiary/aromatic N) is 8. The summed E-state index contributed by atoms with van der Waals surface area (Å²) in [5.41, 5.74) is 0. The van der Waals surface area contributed by atoms with Crippen molar-refractivity contribution >= 4 is 0 Å². The molecule has 0 aromatic rings.